The first-order chi connectivity index (χ1) is 6.16. The van der Waals surface area contributed by atoms with Crippen molar-refractivity contribution < 1.29 is 4.92 Å². The lowest BCUT2D eigenvalue weighted by Crippen LogP contribution is -2.42. The summed E-state index contributed by atoms with van der Waals surface area (Å²) in [6.45, 7) is 1.84. The standard InChI is InChI=1S/C7H10N4O2/c1-10-3-5(4-10)7-8-2-6(9-7)11(12)13/h2,5H,3-4H2,1H3,(H,8,9). The highest BCUT2D eigenvalue weighted by Crippen LogP contribution is 2.24. The van der Waals surface area contributed by atoms with E-state index in [-0.39, 0.29) is 5.82 Å². The van der Waals surface area contributed by atoms with Crippen LogP contribution in [0.4, 0.5) is 5.82 Å². The van der Waals surface area contributed by atoms with Gasteiger partial charge in [-0.05, 0) is 12.0 Å². The van der Waals surface area contributed by atoms with Crippen molar-refractivity contribution in [1.82, 2.24) is 14.9 Å². The molecule has 0 atom stereocenters. The van der Waals surface area contributed by atoms with E-state index in [0.717, 1.165) is 18.9 Å². The van der Waals surface area contributed by atoms with E-state index >= 15 is 0 Å². The van der Waals surface area contributed by atoms with Gasteiger partial charge in [-0.25, -0.2) is 9.97 Å². The van der Waals surface area contributed by atoms with Gasteiger partial charge in [-0.15, -0.1) is 0 Å². The predicted molar refractivity (Wildman–Crippen MR) is 45.5 cm³/mol. The maximum atomic E-state index is 10.3. The van der Waals surface area contributed by atoms with Gasteiger partial charge in [0.1, 0.15) is 6.20 Å². The molecule has 6 nitrogen and oxygen atoms in total. The van der Waals surface area contributed by atoms with Gasteiger partial charge in [-0.3, -0.25) is 0 Å². The molecule has 0 aliphatic carbocycles. The Bertz CT molecular complexity index is 329. The molecule has 1 N–H and O–H groups in total. The van der Waals surface area contributed by atoms with Crippen LogP contribution in [-0.4, -0.2) is 39.9 Å². The summed E-state index contributed by atoms with van der Waals surface area (Å²) in [5.41, 5.74) is 0. The van der Waals surface area contributed by atoms with E-state index < -0.39 is 4.92 Å². The molecule has 1 aliphatic heterocycles. The molecule has 2 rings (SSSR count). The van der Waals surface area contributed by atoms with Crippen molar-refractivity contribution >= 4 is 5.82 Å². The van der Waals surface area contributed by atoms with E-state index in [1.54, 1.807) is 0 Å². The van der Waals surface area contributed by atoms with E-state index in [1.165, 1.54) is 6.20 Å². The van der Waals surface area contributed by atoms with E-state index in [4.69, 9.17) is 0 Å². The van der Waals surface area contributed by atoms with Gasteiger partial charge in [0.15, 0.2) is 5.82 Å². The smallest absolute Gasteiger partial charge is 0.340 e. The Morgan fingerprint density at radius 2 is 2.46 bits per heavy atom. The summed E-state index contributed by atoms with van der Waals surface area (Å²) in [6, 6.07) is 0. The molecule has 0 bridgehead atoms. The van der Waals surface area contributed by atoms with Crippen LogP contribution in [0.2, 0.25) is 0 Å². The minimum Gasteiger partial charge on any atom is -0.358 e. The number of H-pyrrole nitrogens is 1. The molecule has 1 aromatic rings. The van der Waals surface area contributed by atoms with Crippen molar-refractivity contribution in [3.8, 4) is 0 Å². The number of aromatic amines is 1. The molecule has 0 spiro atoms. The maximum absolute atomic E-state index is 10.3. The number of imidazole rings is 1. The van der Waals surface area contributed by atoms with Crippen LogP contribution in [0.1, 0.15) is 11.7 Å². The molecule has 2 heterocycles. The zero-order valence-corrected chi connectivity index (χ0v) is 7.23. The second-order valence-corrected chi connectivity index (χ2v) is 3.33. The number of likely N-dealkylation sites (tertiary alicyclic amines) is 1. The third-order valence-electron chi connectivity index (χ3n) is 2.23. The molecule has 70 valence electrons. The van der Waals surface area contributed by atoms with E-state index in [1.807, 2.05) is 7.05 Å². The Labute approximate surface area is 74.7 Å². The highest BCUT2D eigenvalue weighted by atomic mass is 16.6. The number of hydrogen-bond acceptors (Lipinski definition) is 4. The monoisotopic (exact) mass is 182 g/mol. The normalized spacial score (nSPS) is 18.5. The minimum absolute atomic E-state index is 0.0236. The van der Waals surface area contributed by atoms with Crippen LogP contribution in [-0.2, 0) is 0 Å². The zero-order valence-electron chi connectivity index (χ0n) is 7.23. The Balaban J connectivity index is 2.10. The van der Waals surface area contributed by atoms with Crippen LogP contribution >= 0.6 is 0 Å². The van der Waals surface area contributed by atoms with Crippen LogP contribution in [0, 0.1) is 10.1 Å². The molecule has 1 saturated heterocycles. The number of aromatic nitrogens is 2. The highest BCUT2D eigenvalue weighted by Gasteiger charge is 2.30. The fourth-order valence-electron chi connectivity index (χ4n) is 1.50. The SMILES string of the molecule is CN1CC(c2ncc([N+](=O)[O-])[nH]2)C1. The quantitative estimate of drug-likeness (QED) is 0.528. The van der Waals surface area contributed by atoms with Gasteiger partial charge in [0, 0.05) is 13.1 Å². The van der Waals surface area contributed by atoms with Crippen molar-refractivity contribution in [3.05, 3.63) is 22.1 Å². The second kappa shape index (κ2) is 2.81. The highest BCUT2D eigenvalue weighted by molar-refractivity contribution is 5.18. The lowest BCUT2D eigenvalue weighted by Gasteiger charge is -2.33. The predicted octanol–water partition coefficient (Wildman–Crippen LogP) is 0.347. The maximum Gasteiger partial charge on any atom is 0.340 e. The number of hydrogen-bond donors (Lipinski definition) is 1. The fourth-order valence-corrected chi connectivity index (χ4v) is 1.50. The average Bonchev–Trinajstić information content (AvgIpc) is 2.46. The van der Waals surface area contributed by atoms with Crippen LogP contribution < -0.4 is 0 Å². The van der Waals surface area contributed by atoms with Crippen molar-refractivity contribution in [3.63, 3.8) is 0 Å². The Kier molecular flexibility index (Phi) is 1.77. The number of nitrogens with zero attached hydrogens (tertiary/aromatic N) is 3. The van der Waals surface area contributed by atoms with Gasteiger partial charge < -0.3 is 15.0 Å². The summed E-state index contributed by atoms with van der Waals surface area (Å²) in [5, 5.41) is 10.3. The van der Waals surface area contributed by atoms with Crippen LogP contribution in [0.15, 0.2) is 6.20 Å². The zero-order chi connectivity index (χ0) is 9.42. The van der Waals surface area contributed by atoms with Crippen LogP contribution in [0.5, 0.6) is 0 Å². The third kappa shape index (κ3) is 1.40. The Hall–Kier alpha value is -1.43. The first kappa shape index (κ1) is 8.18. The summed E-state index contributed by atoms with van der Waals surface area (Å²) >= 11 is 0. The molecule has 0 amide bonds. The molecule has 1 aliphatic rings. The van der Waals surface area contributed by atoms with Crippen LogP contribution in [0.25, 0.3) is 0 Å². The molecule has 0 radical (unpaired) electrons. The summed E-state index contributed by atoms with van der Waals surface area (Å²) in [4.78, 5) is 18.7. The largest absolute Gasteiger partial charge is 0.358 e. The topological polar surface area (TPSA) is 75.1 Å². The molecule has 1 aromatic heterocycles. The molecule has 13 heavy (non-hydrogen) atoms. The van der Waals surface area contributed by atoms with Gasteiger partial charge in [-0.1, -0.05) is 0 Å². The van der Waals surface area contributed by atoms with Gasteiger partial charge in [-0.2, -0.15) is 0 Å². The van der Waals surface area contributed by atoms with Gasteiger partial charge >= 0.3 is 5.82 Å². The third-order valence-corrected chi connectivity index (χ3v) is 2.23. The summed E-state index contributed by atoms with van der Waals surface area (Å²) in [7, 11) is 2.01. The van der Waals surface area contributed by atoms with Crippen molar-refractivity contribution in [1.29, 1.82) is 0 Å². The summed E-state index contributed by atoms with van der Waals surface area (Å²) in [6.07, 6.45) is 1.27. The minimum atomic E-state index is -0.459. The second-order valence-electron chi connectivity index (χ2n) is 3.33. The summed E-state index contributed by atoms with van der Waals surface area (Å²) < 4.78 is 0. The van der Waals surface area contributed by atoms with E-state index in [9.17, 15) is 10.1 Å². The number of nitro groups is 1. The van der Waals surface area contributed by atoms with Crippen molar-refractivity contribution in [2.45, 2.75) is 5.92 Å². The van der Waals surface area contributed by atoms with Gasteiger partial charge in [0.2, 0.25) is 0 Å². The number of nitrogens with one attached hydrogen (secondary N) is 1. The Morgan fingerprint density at radius 3 is 2.92 bits per heavy atom. The fraction of sp³-hybridized carbons (Fsp3) is 0.571. The molecular weight excluding hydrogens is 172 g/mol. The molecule has 6 heteroatoms. The van der Waals surface area contributed by atoms with Crippen molar-refractivity contribution in [2.24, 2.45) is 0 Å². The molecular formula is C7H10N4O2. The van der Waals surface area contributed by atoms with E-state index in [2.05, 4.69) is 14.9 Å². The first-order valence-corrected chi connectivity index (χ1v) is 4.04. The summed E-state index contributed by atoms with van der Waals surface area (Å²) in [5.74, 6) is 1.04. The van der Waals surface area contributed by atoms with Gasteiger partial charge in [0.25, 0.3) is 0 Å². The molecule has 0 saturated carbocycles. The van der Waals surface area contributed by atoms with Crippen molar-refractivity contribution in [2.75, 3.05) is 20.1 Å². The lowest BCUT2D eigenvalue weighted by molar-refractivity contribution is -0.389. The average molecular weight is 182 g/mol. The Morgan fingerprint density at radius 1 is 1.77 bits per heavy atom. The number of likely N-dealkylation sites (N-methyl/N-ethyl adjacent to an activating group) is 1. The van der Waals surface area contributed by atoms with Gasteiger partial charge in [0.05, 0.1) is 5.92 Å². The first-order valence-electron chi connectivity index (χ1n) is 4.04. The molecule has 0 aromatic carbocycles. The molecule has 0 unspecified atom stereocenters. The number of rotatable bonds is 2. The van der Waals surface area contributed by atoms with Crippen LogP contribution in [0.3, 0.4) is 0 Å². The van der Waals surface area contributed by atoms with E-state index in [0.29, 0.717) is 5.92 Å². The lowest BCUT2D eigenvalue weighted by atomic mass is 10.0. The molecule has 1 fully saturated rings.